The monoisotopic (exact) mass is 232 g/mol. The van der Waals surface area contributed by atoms with Gasteiger partial charge in [0.2, 0.25) is 5.91 Å². The molecule has 1 aromatic carbocycles. The highest BCUT2D eigenvalue weighted by molar-refractivity contribution is 5.92. The molecule has 1 amide bonds. The minimum absolute atomic E-state index is 0.0363. The van der Waals surface area contributed by atoms with Gasteiger partial charge in [-0.15, -0.1) is 0 Å². The van der Waals surface area contributed by atoms with E-state index in [4.69, 9.17) is 0 Å². The van der Waals surface area contributed by atoms with Crippen molar-refractivity contribution in [2.45, 2.75) is 25.7 Å². The van der Waals surface area contributed by atoms with Gasteiger partial charge in [-0.3, -0.25) is 4.79 Å². The van der Waals surface area contributed by atoms with Crippen LogP contribution in [-0.2, 0) is 4.79 Å². The summed E-state index contributed by atoms with van der Waals surface area (Å²) in [6, 6.07) is 9.57. The second-order valence-corrected chi connectivity index (χ2v) is 4.70. The molecule has 1 fully saturated rings. The molecule has 92 valence electrons. The average Bonchev–Trinajstić information content (AvgIpc) is 2.83. The third-order valence-corrected chi connectivity index (χ3v) is 3.25. The summed E-state index contributed by atoms with van der Waals surface area (Å²) in [5, 5.41) is 6.10. The Balaban J connectivity index is 1.64. The van der Waals surface area contributed by atoms with Crippen LogP contribution < -0.4 is 10.6 Å². The summed E-state index contributed by atoms with van der Waals surface area (Å²) >= 11 is 0. The Labute approximate surface area is 103 Å². The molecular weight excluding hydrogens is 212 g/mol. The van der Waals surface area contributed by atoms with Crippen LogP contribution in [0.5, 0.6) is 0 Å². The number of amides is 1. The van der Waals surface area contributed by atoms with Crippen LogP contribution in [0, 0.1) is 5.92 Å². The number of hydrogen-bond acceptors (Lipinski definition) is 2. The topological polar surface area (TPSA) is 41.1 Å². The molecule has 0 saturated heterocycles. The zero-order valence-corrected chi connectivity index (χ0v) is 10.1. The van der Waals surface area contributed by atoms with Gasteiger partial charge < -0.3 is 10.6 Å². The minimum Gasteiger partial charge on any atom is -0.325 e. The number of carbonyl (C=O) groups excluding carboxylic acids is 1. The normalized spacial score (nSPS) is 16.0. The van der Waals surface area contributed by atoms with Gasteiger partial charge in [-0.2, -0.15) is 0 Å². The van der Waals surface area contributed by atoms with Crippen molar-refractivity contribution in [1.29, 1.82) is 0 Å². The first-order valence-electron chi connectivity index (χ1n) is 6.40. The van der Waals surface area contributed by atoms with Crippen LogP contribution in [0.15, 0.2) is 30.3 Å². The van der Waals surface area contributed by atoms with Crippen molar-refractivity contribution in [2.75, 3.05) is 18.4 Å². The molecule has 0 atom stereocenters. The number of benzene rings is 1. The van der Waals surface area contributed by atoms with E-state index in [1.165, 1.54) is 25.7 Å². The van der Waals surface area contributed by atoms with E-state index in [-0.39, 0.29) is 5.91 Å². The molecule has 0 aliphatic heterocycles. The summed E-state index contributed by atoms with van der Waals surface area (Å²) in [4.78, 5) is 11.6. The molecule has 2 rings (SSSR count). The van der Waals surface area contributed by atoms with E-state index < -0.39 is 0 Å². The van der Waals surface area contributed by atoms with Gasteiger partial charge >= 0.3 is 0 Å². The minimum atomic E-state index is 0.0363. The molecule has 2 N–H and O–H groups in total. The number of para-hydroxylation sites is 1. The van der Waals surface area contributed by atoms with Crippen molar-refractivity contribution in [2.24, 2.45) is 5.92 Å². The van der Waals surface area contributed by atoms with Crippen molar-refractivity contribution < 1.29 is 4.79 Å². The highest BCUT2D eigenvalue weighted by Crippen LogP contribution is 2.23. The summed E-state index contributed by atoms with van der Waals surface area (Å²) < 4.78 is 0. The molecule has 1 saturated carbocycles. The van der Waals surface area contributed by atoms with Gasteiger partial charge in [0.05, 0.1) is 6.54 Å². The lowest BCUT2D eigenvalue weighted by atomic mass is 10.1. The predicted octanol–water partition coefficient (Wildman–Crippen LogP) is 2.40. The molecule has 0 aromatic heterocycles. The first-order chi connectivity index (χ1) is 8.34. The maximum Gasteiger partial charge on any atom is 0.238 e. The molecule has 1 aromatic rings. The largest absolute Gasteiger partial charge is 0.325 e. The molecule has 3 heteroatoms. The fourth-order valence-electron chi connectivity index (χ4n) is 2.33. The number of hydrogen-bond donors (Lipinski definition) is 2. The van der Waals surface area contributed by atoms with Crippen LogP contribution in [0.1, 0.15) is 25.7 Å². The summed E-state index contributed by atoms with van der Waals surface area (Å²) in [5.41, 5.74) is 0.861. The molecule has 3 nitrogen and oxygen atoms in total. The maximum atomic E-state index is 11.6. The van der Waals surface area contributed by atoms with E-state index in [2.05, 4.69) is 10.6 Å². The second-order valence-electron chi connectivity index (χ2n) is 4.70. The van der Waals surface area contributed by atoms with E-state index in [1.807, 2.05) is 30.3 Å². The average molecular weight is 232 g/mol. The molecule has 17 heavy (non-hydrogen) atoms. The lowest BCUT2D eigenvalue weighted by molar-refractivity contribution is -0.115. The van der Waals surface area contributed by atoms with Gasteiger partial charge in [-0.25, -0.2) is 0 Å². The van der Waals surface area contributed by atoms with Crippen LogP contribution in [0.3, 0.4) is 0 Å². The first-order valence-corrected chi connectivity index (χ1v) is 6.40. The zero-order chi connectivity index (χ0) is 11.9. The van der Waals surface area contributed by atoms with E-state index in [0.717, 1.165) is 18.2 Å². The van der Waals surface area contributed by atoms with Crippen LogP contribution >= 0.6 is 0 Å². The molecule has 0 heterocycles. The smallest absolute Gasteiger partial charge is 0.238 e. The lowest BCUT2D eigenvalue weighted by Crippen LogP contribution is -2.31. The van der Waals surface area contributed by atoms with Crippen LogP contribution in [0.4, 0.5) is 5.69 Å². The summed E-state index contributed by atoms with van der Waals surface area (Å²) in [5.74, 6) is 0.814. The van der Waals surface area contributed by atoms with Crippen molar-refractivity contribution in [3.8, 4) is 0 Å². The molecule has 1 aliphatic rings. The number of anilines is 1. The number of rotatable bonds is 5. The molecule has 0 radical (unpaired) electrons. The van der Waals surface area contributed by atoms with Gasteiger partial charge in [-0.05, 0) is 37.4 Å². The molecule has 0 unspecified atom stereocenters. The SMILES string of the molecule is O=C(CNCC1CCCC1)Nc1ccccc1. The highest BCUT2D eigenvalue weighted by atomic mass is 16.1. The van der Waals surface area contributed by atoms with Gasteiger partial charge in [0.25, 0.3) is 0 Å². The Bertz CT molecular complexity index is 344. The van der Waals surface area contributed by atoms with Gasteiger partial charge in [-0.1, -0.05) is 31.0 Å². The maximum absolute atomic E-state index is 11.6. The zero-order valence-electron chi connectivity index (χ0n) is 10.1. The Morgan fingerprint density at radius 1 is 1.18 bits per heavy atom. The Kier molecular flexibility index (Phi) is 4.56. The summed E-state index contributed by atoms with van der Waals surface area (Å²) in [6.07, 6.45) is 5.33. The first kappa shape index (κ1) is 12.1. The second kappa shape index (κ2) is 6.40. The third kappa shape index (κ3) is 4.19. The van der Waals surface area contributed by atoms with Crippen molar-refractivity contribution >= 4 is 11.6 Å². The van der Waals surface area contributed by atoms with Crippen molar-refractivity contribution in [3.05, 3.63) is 30.3 Å². The van der Waals surface area contributed by atoms with Gasteiger partial charge in [0.1, 0.15) is 0 Å². The highest BCUT2D eigenvalue weighted by Gasteiger charge is 2.14. The molecule has 1 aliphatic carbocycles. The van der Waals surface area contributed by atoms with Crippen LogP contribution in [0.2, 0.25) is 0 Å². The fraction of sp³-hybridized carbons (Fsp3) is 0.500. The molecule has 0 bridgehead atoms. The fourth-order valence-corrected chi connectivity index (χ4v) is 2.33. The standard InChI is InChI=1S/C14H20N2O/c17-14(16-13-8-2-1-3-9-13)11-15-10-12-6-4-5-7-12/h1-3,8-9,12,15H,4-7,10-11H2,(H,16,17). The molecule has 0 spiro atoms. The van der Waals surface area contributed by atoms with E-state index >= 15 is 0 Å². The third-order valence-electron chi connectivity index (χ3n) is 3.25. The van der Waals surface area contributed by atoms with Crippen molar-refractivity contribution in [1.82, 2.24) is 5.32 Å². The van der Waals surface area contributed by atoms with Crippen molar-refractivity contribution in [3.63, 3.8) is 0 Å². The summed E-state index contributed by atoms with van der Waals surface area (Å²) in [7, 11) is 0. The van der Waals surface area contributed by atoms with E-state index in [1.54, 1.807) is 0 Å². The quantitative estimate of drug-likeness (QED) is 0.818. The summed E-state index contributed by atoms with van der Waals surface area (Å²) in [6.45, 7) is 1.38. The number of carbonyl (C=O) groups is 1. The Morgan fingerprint density at radius 2 is 1.88 bits per heavy atom. The van der Waals surface area contributed by atoms with Crippen LogP contribution in [0.25, 0.3) is 0 Å². The van der Waals surface area contributed by atoms with Crippen LogP contribution in [-0.4, -0.2) is 19.0 Å². The Hall–Kier alpha value is -1.35. The van der Waals surface area contributed by atoms with E-state index in [0.29, 0.717) is 6.54 Å². The Morgan fingerprint density at radius 3 is 2.59 bits per heavy atom. The number of nitrogens with one attached hydrogen (secondary N) is 2. The lowest BCUT2D eigenvalue weighted by Gasteiger charge is -2.10. The van der Waals surface area contributed by atoms with Gasteiger partial charge in [0, 0.05) is 5.69 Å². The van der Waals surface area contributed by atoms with E-state index in [9.17, 15) is 4.79 Å². The molecular formula is C14H20N2O. The van der Waals surface area contributed by atoms with Gasteiger partial charge in [0.15, 0.2) is 0 Å². The predicted molar refractivity (Wildman–Crippen MR) is 69.9 cm³/mol.